The second kappa shape index (κ2) is 7.74. The average Bonchev–Trinajstić information content (AvgIpc) is 3.08. The monoisotopic (exact) mass is 412 g/mol. The molecule has 0 spiro atoms. The van der Waals surface area contributed by atoms with Crippen LogP contribution < -0.4 is 5.32 Å². The van der Waals surface area contributed by atoms with E-state index in [0.717, 1.165) is 16.7 Å². The zero-order valence-electron chi connectivity index (χ0n) is 14.9. The number of amides is 2. The number of fused-ring (bicyclic) bond motifs is 1. The fourth-order valence-electron chi connectivity index (χ4n) is 3.57. The number of urea groups is 1. The Hall–Kier alpha value is -2.69. The Morgan fingerprint density at radius 1 is 1.04 bits per heavy atom. The normalized spacial score (nSPS) is 15.4. The molecule has 1 unspecified atom stereocenters. The fraction of sp³-hybridized carbons (Fsp3) is 0.136. The molecule has 1 aliphatic rings. The van der Waals surface area contributed by atoms with E-state index >= 15 is 0 Å². The number of rotatable bonds is 3. The van der Waals surface area contributed by atoms with Gasteiger partial charge < -0.3 is 15.3 Å². The zero-order valence-corrected chi connectivity index (χ0v) is 16.4. The van der Waals surface area contributed by atoms with Crippen molar-refractivity contribution in [1.82, 2.24) is 10.2 Å². The molecular formula is C22H18Cl2N2O2. The van der Waals surface area contributed by atoms with Gasteiger partial charge in [0.15, 0.2) is 0 Å². The van der Waals surface area contributed by atoms with E-state index in [1.807, 2.05) is 42.5 Å². The highest BCUT2D eigenvalue weighted by Gasteiger charge is 2.36. The van der Waals surface area contributed by atoms with Gasteiger partial charge in [-0.3, -0.25) is 0 Å². The Morgan fingerprint density at radius 3 is 2.61 bits per heavy atom. The molecule has 0 saturated carbocycles. The summed E-state index contributed by atoms with van der Waals surface area (Å²) in [4.78, 5) is 14.7. The van der Waals surface area contributed by atoms with E-state index in [-0.39, 0.29) is 11.8 Å². The third-order valence-corrected chi connectivity index (χ3v) is 5.54. The predicted molar refractivity (Wildman–Crippen MR) is 111 cm³/mol. The quantitative estimate of drug-likeness (QED) is 0.595. The predicted octanol–water partition coefficient (Wildman–Crippen LogP) is 5.51. The van der Waals surface area contributed by atoms with Crippen molar-refractivity contribution in [3.8, 4) is 5.75 Å². The average molecular weight is 413 g/mol. The first-order valence-corrected chi connectivity index (χ1v) is 9.64. The van der Waals surface area contributed by atoms with E-state index in [1.54, 1.807) is 29.2 Å². The summed E-state index contributed by atoms with van der Waals surface area (Å²) >= 11 is 12.4. The molecule has 0 aromatic heterocycles. The van der Waals surface area contributed by atoms with Crippen molar-refractivity contribution < 1.29 is 9.90 Å². The van der Waals surface area contributed by atoms with Crippen molar-refractivity contribution in [3.05, 3.63) is 99.0 Å². The standard InChI is InChI=1S/C22H18Cl2N2O2/c23-16-9-10-20(27)18(11-16)21-17-7-3-1-6-15(17)13-26(21)22(28)25-12-14-5-2-4-8-19(14)24/h1-11,21,27H,12-13H2,(H,25,28). The van der Waals surface area contributed by atoms with Crippen LogP contribution in [0.15, 0.2) is 66.7 Å². The lowest BCUT2D eigenvalue weighted by Crippen LogP contribution is -2.38. The molecule has 0 bridgehead atoms. The summed E-state index contributed by atoms with van der Waals surface area (Å²) in [5, 5.41) is 14.5. The van der Waals surface area contributed by atoms with Crippen molar-refractivity contribution in [2.24, 2.45) is 0 Å². The molecule has 142 valence electrons. The third-order valence-electron chi connectivity index (χ3n) is 4.93. The summed E-state index contributed by atoms with van der Waals surface area (Å²) in [6, 6.07) is 19.5. The zero-order chi connectivity index (χ0) is 19.7. The second-order valence-corrected chi connectivity index (χ2v) is 7.53. The molecule has 3 aromatic rings. The summed E-state index contributed by atoms with van der Waals surface area (Å²) < 4.78 is 0. The molecule has 3 aromatic carbocycles. The van der Waals surface area contributed by atoms with Gasteiger partial charge in [0.1, 0.15) is 5.75 Å². The van der Waals surface area contributed by atoms with Crippen molar-refractivity contribution >= 4 is 29.2 Å². The molecular weight excluding hydrogens is 395 g/mol. The van der Waals surface area contributed by atoms with Crippen LogP contribution >= 0.6 is 23.2 Å². The van der Waals surface area contributed by atoms with Gasteiger partial charge in [-0.15, -0.1) is 0 Å². The van der Waals surface area contributed by atoms with Crippen LogP contribution in [0.25, 0.3) is 0 Å². The Bertz CT molecular complexity index is 1040. The van der Waals surface area contributed by atoms with E-state index in [9.17, 15) is 9.90 Å². The van der Waals surface area contributed by atoms with E-state index < -0.39 is 6.04 Å². The molecule has 1 aliphatic heterocycles. The van der Waals surface area contributed by atoms with Crippen molar-refractivity contribution in [3.63, 3.8) is 0 Å². The maximum Gasteiger partial charge on any atom is 0.318 e. The van der Waals surface area contributed by atoms with Gasteiger partial charge in [-0.1, -0.05) is 65.7 Å². The minimum atomic E-state index is -0.416. The van der Waals surface area contributed by atoms with Crippen LogP contribution in [0.3, 0.4) is 0 Å². The van der Waals surface area contributed by atoms with Gasteiger partial charge >= 0.3 is 6.03 Å². The summed E-state index contributed by atoms with van der Waals surface area (Å²) in [7, 11) is 0. The number of phenols is 1. The number of hydrogen-bond donors (Lipinski definition) is 2. The van der Waals surface area contributed by atoms with E-state index in [0.29, 0.717) is 28.7 Å². The van der Waals surface area contributed by atoms with Gasteiger partial charge in [0.05, 0.1) is 6.04 Å². The van der Waals surface area contributed by atoms with Crippen LogP contribution in [0, 0.1) is 0 Å². The molecule has 0 fully saturated rings. The maximum absolute atomic E-state index is 13.0. The summed E-state index contributed by atoms with van der Waals surface area (Å²) in [5.41, 5.74) is 3.47. The second-order valence-electron chi connectivity index (χ2n) is 6.68. The minimum absolute atomic E-state index is 0.106. The topological polar surface area (TPSA) is 52.6 Å². The lowest BCUT2D eigenvalue weighted by atomic mass is 9.97. The van der Waals surface area contributed by atoms with E-state index in [4.69, 9.17) is 23.2 Å². The molecule has 28 heavy (non-hydrogen) atoms. The van der Waals surface area contributed by atoms with Gasteiger partial charge in [-0.25, -0.2) is 4.79 Å². The number of carbonyl (C=O) groups is 1. The highest BCUT2D eigenvalue weighted by molar-refractivity contribution is 6.31. The maximum atomic E-state index is 13.0. The van der Waals surface area contributed by atoms with E-state index in [1.165, 1.54) is 0 Å². The minimum Gasteiger partial charge on any atom is -0.508 e. The van der Waals surface area contributed by atoms with Gasteiger partial charge in [0.2, 0.25) is 0 Å². The van der Waals surface area contributed by atoms with Crippen LogP contribution in [-0.4, -0.2) is 16.0 Å². The summed E-state index contributed by atoms with van der Waals surface area (Å²) in [5.74, 6) is 0.106. The highest BCUT2D eigenvalue weighted by atomic mass is 35.5. The molecule has 6 heteroatoms. The molecule has 1 heterocycles. The van der Waals surface area contributed by atoms with Gasteiger partial charge in [0.25, 0.3) is 0 Å². The van der Waals surface area contributed by atoms with Crippen LogP contribution in [0.2, 0.25) is 10.0 Å². The van der Waals surface area contributed by atoms with Crippen molar-refractivity contribution in [1.29, 1.82) is 0 Å². The third kappa shape index (κ3) is 3.53. The van der Waals surface area contributed by atoms with Crippen molar-refractivity contribution in [2.45, 2.75) is 19.1 Å². The van der Waals surface area contributed by atoms with Gasteiger partial charge in [0, 0.05) is 28.7 Å². The molecule has 4 nitrogen and oxygen atoms in total. The number of halogens is 2. The van der Waals surface area contributed by atoms with Crippen molar-refractivity contribution in [2.75, 3.05) is 0 Å². The lowest BCUT2D eigenvalue weighted by molar-refractivity contribution is 0.188. The molecule has 0 saturated heterocycles. The van der Waals surface area contributed by atoms with Crippen LogP contribution in [0.1, 0.15) is 28.3 Å². The highest BCUT2D eigenvalue weighted by Crippen LogP contribution is 2.42. The smallest absolute Gasteiger partial charge is 0.318 e. The van der Waals surface area contributed by atoms with Crippen LogP contribution in [0.4, 0.5) is 4.79 Å². The molecule has 2 amide bonds. The molecule has 0 radical (unpaired) electrons. The first-order valence-electron chi connectivity index (χ1n) is 8.88. The number of phenolic OH excluding ortho intramolecular Hbond substituents is 1. The number of nitrogens with one attached hydrogen (secondary N) is 1. The number of nitrogens with zero attached hydrogens (tertiary/aromatic N) is 1. The Balaban J connectivity index is 1.64. The Morgan fingerprint density at radius 2 is 1.79 bits per heavy atom. The number of benzene rings is 3. The SMILES string of the molecule is O=C(NCc1ccccc1Cl)N1Cc2ccccc2C1c1cc(Cl)ccc1O. The number of hydrogen-bond acceptors (Lipinski definition) is 2. The first kappa shape index (κ1) is 18.7. The largest absolute Gasteiger partial charge is 0.508 e. The Kier molecular flexibility index (Phi) is 5.16. The van der Waals surface area contributed by atoms with Gasteiger partial charge in [-0.2, -0.15) is 0 Å². The molecule has 4 rings (SSSR count). The fourth-order valence-corrected chi connectivity index (χ4v) is 3.95. The first-order chi connectivity index (χ1) is 13.5. The Labute approximate surface area is 173 Å². The van der Waals surface area contributed by atoms with E-state index in [2.05, 4.69) is 5.32 Å². The van der Waals surface area contributed by atoms with Crippen LogP contribution in [0.5, 0.6) is 5.75 Å². The molecule has 2 N–H and O–H groups in total. The van der Waals surface area contributed by atoms with Crippen LogP contribution in [-0.2, 0) is 13.1 Å². The summed E-state index contributed by atoms with van der Waals surface area (Å²) in [6.07, 6.45) is 0. The summed E-state index contributed by atoms with van der Waals surface area (Å²) in [6.45, 7) is 0.765. The number of carbonyl (C=O) groups excluding carboxylic acids is 1. The number of aromatic hydroxyl groups is 1. The lowest BCUT2D eigenvalue weighted by Gasteiger charge is -2.27. The molecule has 0 aliphatic carbocycles. The van der Waals surface area contributed by atoms with Gasteiger partial charge in [-0.05, 0) is 41.0 Å². The molecule has 1 atom stereocenters.